The molecule has 0 unspecified atom stereocenters. The lowest BCUT2D eigenvalue weighted by molar-refractivity contribution is -0.137. The third-order valence-corrected chi connectivity index (χ3v) is 7.56. The predicted molar refractivity (Wildman–Crippen MR) is 145 cm³/mol. The van der Waals surface area contributed by atoms with Crippen LogP contribution >= 0.6 is 0 Å². The first-order valence-corrected chi connectivity index (χ1v) is 13.7. The van der Waals surface area contributed by atoms with Crippen LogP contribution < -0.4 is 4.74 Å². The van der Waals surface area contributed by atoms with E-state index in [4.69, 9.17) is 9.84 Å². The molecule has 1 aromatic heterocycles. The minimum Gasteiger partial charge on any atom is -0.494 e. The zero-order chi connectivity index (χ0) is 26.0. The van der Waals surface area contributed by atoms with E-state index in [1.54, 1.807) is 0 Å². The zero-order valence-electron chi connectivity index (χ0n) is 21.7. The molecule has 1 fully saturated rings. The topological polar surface area (TPSA) is 88.8 Å². The SMILES string of the molecule is O=C(O)CCCn1cc(CC(=O)O)c2c(CCc3ccc(OCCCC4CCCCC4)cc3)cccc21. The highest BCUT2D eigenvalue weighted by Crippen LogP contribution is 2.29. The van der Waals surface area contributed by atoms with Gasteiger partial charge in [0.1, 0.15) is 5.75 Å². The van der Waals surface area contributed by atoms with Gasteiger partial charge < -0.3 is 19.5 Å². The molecule has 198 valence electrons. The van der Waals surface area contributed by atoms with E-state index in [-0.39, 0.29) is 12.8 Å². The van der Waals surface area contributed by atoms with Gasteiger partial charge in [0.05, 0.1) is 13.0 Å². The zero-order valence-corrected chi connectivity index (χ0v) is 21.7. The molecule has 0 saturated heterocycles. The third-order valence-electron chi connectivity index (χ3n) is 7.56. The van der Waals surface area contributed by atoms with E-state index in [0.717, 1.165) is 59.6 Å². The highest BCUT2D eigenvalue weighted by Gasteiger charge is 2.15. The normalized spacial score (nSPS) is 14.2. The molecule has 0 aliphatic heterocycles. The number of aryl methyl sites for hydroxylation is 3. The molecule has 0 bridgehead atoms. The Labute approximate surface area is 219 Å². The van der Waals surface area contributed by atoms with Gasteiger partial charge in [-0.3, -0.25) is 9.59 Å². The first kappa shape index (κ1) is 26.8. The Bertz CT molecular complexity index is 1170. The third kappa shape index (κ3) is 7.85. The molecule has 1 aliphatic carbocycles. The van der Waals surface area contributed by atoms with Crippen molar-refractivity contribution in [1.29, 1.82) is 0 Å². The van der Waals surface area contributed by atoms with Crippen LogP contribution in [-0.4, -0.2) is 33.3 Å². The summed E-state index contributed by atoms with van der Waals surface area (Å²) in [5, 5.41) is 19.4. The molecule has 3 aromatic rings. The number of hydrogen-bond acceptors (Lipinski definition) is 3. The number of carbonyl (C=O) groups is 2. The second kappa shape index (κ2) is 13.3. The summed E-state index contributed by atoms with van der Waals surface area (Å²) < 4.78 is 7.98. The maximum Gasteiger partial charge on any atom is 0.307 e. The summed E-state index contributed by atoms with van der Waals surface area (Å²) >= 11 is 0. The van der Waals surface area contributed by atoms with Crippen LogP contribution in [-0.2, 0) is 35.4 Å². The van der Waals surface area contributed by atoms with E-state index in [0.29, 0.717) is 13.0 Å². The standard InChI is InChI=1S/C31H39NO5/c33-29(34)12-5-19-32-22-26(21-30(35)36)31-25(10-4-11-28(31)32)16-13-24-14-17-27(18-15-24)37-20-6-9-23-7-2-1-3-8-23/h4,10-11,14-15,17-18,22-23H,1-3,5-9,12-13,16,19-21H2,(H,33,34)(H,35,36). The van der Waals surface area contributed by atoms with Gasteiger partial charge in [-0.1, -0.05) is 56.4 Å². The van der Waals surface area contributed by atoms with Crippen LogP contribution in [0.4, 0.5) is 0 Å². The van der Waals surface area contributed by atoms with Crippen LogP contribution in [0, 0.1) is 5.92 Å². The average molecular weight is 506 g/mol. The van der Waals surface area contributed by atoms with Gasteiger partial charge in [0, 0.05) is 30.1 Å². The highest BCUT2D eigenvalue weighted by molar-refractivity contribution is 5.90. The van der Waals surface area contributed by atoms with Crippen LogP contribution in [0.2, 0.25) is 0 Å². The molecule has 4 rings (SSSR count). The molecule has 0 spiro atoms. The number of fused-ring (bicyclic) bond motifs is 1. The summed E-state index contributed by atoms with van der Waals surface area (Å²) in [6.45, 7) is 1.32. The number of aliphatic carboxylic acids is 2. The number of ether oxygens (including phenoxy) is 1. The number of benzene rings is 2. The Balaban J connectivity index is 1.36. The number of rotatable bonds is 14. The van der Waals surface area contributed by atoms with Crippen molar-refractivity contribution in [2.75, 3.05) is 6.61 Å². The van der Waals surface area contributed by atoms with Gasteiger partial charge in [0.25, 0.3) is 0 Å². The van der Waals surface area contributed by atoms with Crippen molar-refractivity contribution in [3.8, 4) is 5.75 Å². The molecule has 1 aliphatic rings. The van der Waals surface area contributed by atoms with E-state index in [1.807, 2.05) is 35.0 Å². The van der Waals surface area contributed by atoms with Crippen molar-refractivity contribution in [1.82, 2.24) is 4.57 Å². The summed E-state index contributed by atoms with van der Waals surface area (Å²) in [6.07, 6.45) is 13.4. The number of carboxylic acid groups (broad SMARTS) is 2. The molecule has 6 nitrogen and oxygen atoms in total. The molecular weight excluding hydrogens is 466 g/mol. The van der Waals surface area contributed by atoms with E-state index < -0.39 is 11.9 Å². The minimum absolute atomic E-state index is 0.0494. The smallest absolute Gasteiger partial charge is 0.307 e. The Hall–Kier alpha value is -3.28. The second-order valence-corrected chi connectivity index (χ2v) is 10.4. The number of carboxylic acids is 2. The Morgan fingerprint density at radius 3 is 2.41 bits per heavy atom. The molecular formula is C31H39NO5. The summed E-state index contributed by atoms with van der Waals surface area (Å²) in [5.74, 6) is 0.117. The van der Waals surface area contributed by atoms with Crippen LogP contribution in [0.25, 0.3) is 10.9 Å². The minimum atomic E-state index is -0.867. The quantitative estimate of drug-likeness (QED) is 0.239. The van der Waals surface area contributed by atoms with Crippen molar-refractivity contribution in [3.63, 3.8) is 0 Å². The fraction of sp³-hybridized carbons (Fsp3) is 0.484. The van der Waals surface area contributed by atoms with E-state index in [1.165, 1.54) is 44.1 Å². The van der Waals surface area contributed by atoms with Crippen LogP contribution in [0.1, 0.15) is 74.5 Å². The maximum absolute atomic E-state index is 11.5. The van der Waals surface area contributed by atoms with E-state index >= 15 is 0 Å². The number of aromatic nitrogens is 1. The van der Waals surface area contributed by atoms with Gasteiger partial charge in [0.2, 0.25) is 0 Å². The lowest BCUT2D eigenvalue weighted by atomic mass is 9.86. The summed E-state index contributed by atoms with van der Waals surface area (Å²) in [5.41, 5.74) is 4.09. The van der Waals surface area contributed by atoms with Crippen LogP contribution in [0.3, 0.4) is 0 Å². The molecule has 2 aromatic carbocycles. The molecule has 1 saturated carbocycles. The lowest BCUT2D eigenvalue weighted by Crippen LogP contribution is -2.08. The summed E-state index contributed by atoms with van der Waals surface area (Å²) in [4.78, 5) is 22.5. The van der Waals surface area contributed by atoms with Gasteiger partial charge in [-0.2, -0.15) is 0 Å². The number of nitrogens with zero attached hydrogens (tertiary/aromatic N) is 1. The van der Waals surface area contributed by atoms with Gasteiger partial charge in [-0.15, -0.1) is 0 Å². The van der Waals surface area contributed by atoms with E-state index in [2.05, 4.69) is 18.2 Å². The lowest BCUT2D eigenvalue weighted by Gasteiger charge is -2.21. The Morgan fingerprint density at radius 1 is 0.892 bits per heavy atom. The molecule has 0 radical (unpaired) electrons. The van der Waals surface area contributed by atoms with Crippen LogP contribution in [0.15, 0.2) is 48.7 Å². The molecule has 6 heteroatoms. The van der Waals surface area contributed by atoms with Crippen molar-refractivity contribution >= 4 is 22.8 Å². The summed E-state index contributed by atoms with van der Waals surface area (Å²) in [6, 6.07) is 14.4. The molecule has 0 amide bonds. The molecule has 37 heavy (non-hydrogen) atoms. The van der Waals surface area contributed by atoms with Crippen molar-refractivity contribution < 1.29 is 24.5 Å². The first-order valence-electron chi connectivity index (χ1n) is 13.7. The fourth-order valence-corrected chi connectivity index (χ4v) is 5.68. The Morgan fingerprint density at radius 2 is 1.68 bits per heavy atom. The van der Waals surface area contributed by atoms with Gasteiger partial charge >= 0.3 is 11.9 Å². The molecule has 2 N–H and O–H groups in total. The maximum atomic E-state index is 11.5. The monoisotopic (exact) mass is 505 g/mol. The number of hydrogen-bond donors (Lipinski definition) is 2. The average Bonchev–Trinajstić information content (AvgIpc) is 3.23. The fourth-order valence-electron chi connectivity index (χ4n) is 5.68. The van der Waals surface area contributed by atoms with E-state index in [9.17, 15) is 14.7 Å². The van der Waals surface area contributed by atoms with Crippen LogP contribution in [0.5, 0.6) is 5.75 Å². The predicted octanol–water partition coefficient (Wildman–Crippen LogP) is 6.66. The van der Waals surface area contributed by atoms with Crippen molar-refractivity contribution in [2.24, 2.45) is 5.92 Å². The highest BCUT2D eigenvalue weighted by atomic mass is 16.5. The van der Waals surface area contributed by atoms with Gasteiger partial charge in [-0.25, -0.2) is 0 Å². The molecule has 0 atom stereocenters. The van der Waals surface area contributed by atoms with Crippen molar-refractivity contribution in [3.05, 3.63) is 65.4 Å². The summed E-state index contributed by atoms with van der Waals surface area (Å²) in [7, 11) is 0. The van der Waals surface area contributed by atoms with Gasteiger partial charge in [-0.05, 0) is 72.9 Å². The Kier molecular flexibility index (Phi) is 9.64. The largest absolute Gasteiger partial charge is 0.494 e. The second-order valence-electron chi connectivity index (χ2n) is 10.4. The molecule has 1 heterocycles. The van der Waals surface area contributed by atoms with Gasteiger partial charge in [0.15, 0.2) is 0 Å². The first-order chi connectivity index (χ1) is 18.0. The van der Waals surface area contributed by atoms with Crippen molar-refractivity contribution in [2.45, 2.75) is 83.6 Å².